The Morgan fingerprint density at radius 2 is 1.65 bits per heavy atom. The fraction of sp³-hybridized carbons (Fsp3) is 0.647. The number of ether oxygens (including phenoxy) is 3. The number of nitrogens with one attached hydrogen (secondary N) is 1. The Kier molecular flexibility index (Phi) is 7.60. The molecule has 0 aliphatic carbocycles. The highest BCUT2D eigenvalue weighted by Gasteiger charge is 2.26. The van der Waals surface area contributed by atoms with Crippen molar-refractivity contribution in [3.05, 3.63) is 17.0 Å². The highest BCUT2D eigenvalue weighted by Crippen LogP contribution is 2.16. The van der Waals surface area contributed by atoms with E-state index in [0.717, 1.165) is 0 Å². The van der Waals surface area contributed by atoms with Crippen molar-refractivity contribution in [2.24, 2.45) is 0 Å². The number of amides is 1. The minimum Gasteiger partial charge on any atom is -0.461 e. The summed E-state index contributed by atoms with van der Waals surface area (Å²) in [4.78, 5) is 35.9. The number of aromatic nitrogens is 2. The predicted octanol–water partition coefficient (Wildman–Crippen LogP) is 2.07. The summed E-state index contributed by atoms with van der Waals surface area (Å²) in [5, 5.41) is 6.73. The minimum absolute atomic E-state index is 0.0483. The fourth-order valence-corrected chi connectivity index (χ4v) is 2.14. The van der Waals surface area contributed by atoms with E-state index >= 15 is 0 Å². The van der Waals surface area contributed by atoms with Gasteiger partial charge in [-0.15, -0.1) is 0 Å². The van der Waals surface area contributed by atoms with Gasteiger partial charge in [-0.2, -0.15) is 5.10 Å². The molecule has 0 aliphatic heterocycles. The second-order valence-corrected chi connectivity index (χ2v) is 6.41. The molecule has 0 bridgehead atoms. The Bertz CT molecular complexity index is 660. The van der Waals surface area contributed by atoms with Crippen LogP contribution >= 0.6 is 0 Å². The SMILES string of the molecule is CCOC(=O)c1nn(CCNC(=O)OC(C)(C)C)c(C(=O)OCC)c1C. The molecule has 1 aromatic heterocycles. The molecule has 1 N–H and O–H groups in total. The molecule has 0 radical (unpaired) electrons. The Hall–Kier alpha value is -2.58. The summed E-state index contributed by atoms with van der Waals surface area (Å²) >= 11 is 0. The van der Waals surface area contributed by atoms with Crippen LogP contribution in [0.2, 0.25) is 0 Å². The molecule has 26 heavy (non-hydrogen) atoms. The van der Waals surface area contributed by atoms with Gasteiger partial charge in [0.25, 0.3) is 0 Å². The molecule has 9 heteroatoms. The van der Waals surface area contributed by atoms with Crippen LogP contribution in [0.25, 0.3) is 0 Å². The molecule has 1 amide bonds. The molecule has 0 saturated heterocycles. The van der Waals surface area contributed by atoms with Gasteiger partial charge in [-0.1, -0.05) is 0 Å². The van der Waals surface area contributed by atoms with Crippen molar-refractivity contribution < 1.29 is 28.6 Å². The van der Waals surface area contributed by atoms with Gasteiger partial charge in [0.15, 0.2) is 5.69 Å². The van der Waals surface area contributed by atoms with Gasteiger partial charge in [-0.25, -0.2) is 14.4 Å². The molecule has 0 aromatic carbocycles. The lowest BCUT2D eigenvalue weighted by molar-refractivity contribution is 0.0501. The average molecular weight is 369 g/mol. The van der Waals surface area contributed by atoms with E-state index in [0.29, 0.717) is 5.56 Å². The Morgan fingerprint density at radius 1 is 1.08 bits per heavy atom. The Balaban J connectivity index is 2.94. The Labute approximate surface area is 153 Å². The van der Waals surface area contributed by atoms with Crippen LogP contribution in [0.3, 0.4) is 0 Å². The van der Waals surface area contributed by atoms with E-state index in [1.165, 1.54) is 4.68 Å². The van der Waals surface area contributed by atoms with Crippen LogP contribution in [0.5, 0.6) is 0 Å². The number of rotatable bonds is 7. The zero-order chi connectivity index (χ0) is 19.9. The molecule has 0 unspecified atom stereocenters. The van der Waals surface area contributed by atoms with Gasteiger partial charge in [0.1, 0.15) is 11.3 Å². The van der Waals surface area contributed by atoms with Crippen molar-refractivity contribution >= 4 is 18.0 Å². The first kappa shape index (κ1) is 21.5. The van der Waals surface area contributed by atoms with E-state index in [4.69, 9.17) is 14.2 Å². The van der Waals surface area contributed by atoms with Gasteiger partial charge < -0.3 is 19.5 Å². The number of hydrogen-bond acceptors (Lipinski definition) is 7. The van der Waals surface area contributed by atoms with Crippen molar-refractivity contribution in [2.75, 3.05) is 19.8 Å². The molecule has 0 saturated carbocycles. The summed E-state index contributed by atoms with van der Waals surface area (Å²) in [6.07, 6.45) is -0.579. The van der Waals surface area contributed by atoms with E-state index in [1.54, 1.807) is 41.5 Å². The summed E-state index contributed by atoms with van der Waals surface area (Å²) in [7, 11) is 0. The first-order valence-electron chi connectivity index (χ1n) is 8.49. The highest BCUT2D eigenvalue weighted by molar-refractivity contribution is 5.95. The van der Waals surface area contributed by atoms with Gasteiger partial charge in [-0.3, -0.25) is 4.68 Å². The van der Waals surface area contributed by atoms with Crippen molar-refractivity contribution in [1.82, 2.24) is 15.1 Å². The van der Waals surface area contributed by atoms with Crippen LogP contribution in [0.15, 0.2) is 0 Å². The zero-order valence-corrected chi connectivity index (χ0v) is 16.2. The average Bonchev–Trinajstić information content (AvgIpc) is 2.82. The molecule has 1 rings (SSSR count). The van der Waals surface area contributed by atoms with E-state index in [1.807, 2.05) is 0 Å². The summed E-state index contributed by atoms with van der Waals surface area (Å²) in [6, 6.07) is 0. The lowest BCUT2D eigenvalue weighted by Gasteiger charge is -2.19. The summed E-state index contributed by atoms with van der Waals surface area (Å²) in [5.41, 5.74) is -0.0354. The van der Waals surface area contributed by atoms with Gasteiger partial charge in [0, 0.05) is 12.1 Å². The maximum atomic E-state index is 12.2. The van der Waals surface area contributed by atoms with E-state index in [9.17, 15) is 14.4 Å². The van der Waals surface area contributed by atoms with Crippen LogP contribution in [-0.4, -0.2) is 53.2 Å². The standard InChI is InChI=1S/C17H27N3O6/c1-7-24-14(21)12-11(3)13(15(22)25-8-2)20(19-12)10-9-18-16(23)26-17(4,5)6/h7-10H2,1-6H3,(H,18,23). The number of carbonyl (C=O) groups excluding carboxylic acids is 3. The molecule has 1 aromatic rings. The molecule has 0 aliphatic rings. The number of alkyl carbamates (subject to hydrolysis) is 1. The molecule has 0 spiro atoms. The molecule has 1 heterocycles. The molecule has 0 atom stereocenters. The monoisotopic (exact) mass is 369 g/mol. The predicted molar refractivity (Wildman–Crippen MR) is 93.1 cm³/mol. The third-order valence-corrected chi connectivity index (χ3v) is 3.12. The second-order valence-electron chi connectivity index (χ2n) is 6.41. The van der Waals surface area contributed by atoms with E-state index in [-0.39, 0.29) is 37.7 Å². The molecule has 0 fully saturated rings. The lowest BCUT2D eigenvalue weighted by Crippen LogP contribution is -2.34. The van der Waals surface area contributed by atoms with Crippen LogP contribution in [0.1, 0.15) is 61.2 Å². The largest absolute Gasteiger partial charge is 0.461 e. The number of nitrogens with zero attached hydrogens (tertiary/aromatic N) is 2. The van der Waals surface area contributed by atoms with Crippen LogP contribution < -0.4 is 5.32 Å². The maximum Gasteiger partial charge on any atom is 0.407 e. The topological polar surface area (TPSA) is 109 Å². The Morgan fingerprint density at radius 3 is 2.19 bits per heavy atom. The van der Waals surface area contributed by atoms with Crippen molar-refractivity contribution in [2.45, 2.75) is 53.7 Å². The van der Waals surface area contributed by atoms with Crippen LogP contribution in [0, 0.1) is 6.92 Å². The van der Waals surface area contributed by atoms with Crippen LogP contribution in [0.4, 0.5) is 4.79 Å². The zero-order valence-electron chi connectivity index (χ0n) is 16.2. The number of esters is 2. The number of hydrogen-bond donors (Lipinski definition) is 1. The van der Waals surface area contributed by atoms with Gasteiger partial charge in [0.05, 0.1) is 19.8 Å². The molecular formula is C17H27N3O6. The van der Waals surface area contributed by atoms with Gasteiger partial charge >= 0.3 is 18.0 Å². The molecule has 146 valence electrons. The van der Waals surface area contributed by atoms with Gasteiger partial charge in [-0.05, 0) is 41.5 Å². The third-order valence-electron chi connectivity index (χ3n) is 3.12. The van der Waals surface area contributed by atoms with Crippen molar-refractivity contribution in [3.63, 3.8) is 0 Å². The quantitative estimate of drug-likeness (QED) is 0.579. The first-order valence-corrected chi connectivity index (χ1v) is 8.49. The molecule has 9 nitrogen and oxygen atoms in total. The highest BCUT2D eigenvalue weighted by atomic mass is 16.6. The molecular weight excluding hydrogens is 342 g/mol. The summed E-state index contributed by atoms with van der Waals surface area (Å²) < 4.78 is 16.5. The van der Waals surface area contributed by atoms with Crippen LogP contribution in [-0.2, 0) is 20.8 Å². The van der Waals surface area contributed by atoms with Crippen molar-refractivity contribution in [3.8, 4) is 0 Å². The number of carbonyl (C=O) groups is 3. The smallest absolute Gasteiger partial charge is 0.407 e. The first-order chi connectivity index (χ1) is 12.1. The van der Waals surface area contributed by atoms with Gasteiger partial charge in [0.2, 0.25) is 0 Å². The summed E-state index contributed by atoms with van der Waals surface area (Å²) in [5.74, 6) is -1.21. The summed E-state index contributed by atoms with van der Waals surface area (Å²) in [6.45, 7) is 10.9. The lowest BCUT2D eigenvalue weighted by atomic mass is 10.2. The van der Waals surface area contributed by atoms with Crippen molar-refractivity contribution in [1.29, 1.82) is 0 Å². The maximum absolute atomic E-state index is 12.2. The van der Waals surface area contributed by atoms with E-state index < -0.39 is 23.6 Å². The minimum atomic E-state index is -0.616. The second kappa shape index (κ2) is 9.21. The third kappa shape index (κ3) is 6.05. The normalized spacial score (nSPS) is 11.0. The fourth-order valence-electron chi connectivity index (χ4n) is 2.14. The van der Waals surface area contributed by atoms with E-state index in [2.05, 4.69) is 10.4 Å².